The van der Waals surface area contributed by atoms with Gasteiger partial charge in [-0.05, 0) is 44.2 Å². The zero-order valence-electron chi connectivity index (χ0n) is 11.7. The summed E-state index contributed by atoms with van der Waals surface area (Å²) in [6.07, 6.45) is 5.27. The van der Waals surface area contributed by atoms with Gasteiger partial charge in [0.2, 0.25) is 0 Å². The van der Waals surface area contributed by atoms with Crippen LogP contribution in [-0.4, -0.2) is 37.1 Å². The Morgan fingerprint density at radius 3 is 2.62 bits per heavy atom. The molecule has 0 aromatic rings. The lowest BCUT2D eigenvalue weighted by atomic mass is 9.83. The second kappa shape index (κ2) is 6.61. The smallest absolute Gasteiger partial charge is 0.0218 e. The van der Waals surface area contributed by atoms with E-state index in [-0.39, 0.29) is 0 Å². The monoisotopic (exact) mass is 226 g/mol. The molecular formula is C14H30N2. The van der Waals surface area contributed by atoms with Gasteiger partial charge < -0.3 is 5.32 Å². The van der Waals surface area contributed by atoms with Crippen molar-refractivity contribution in [2.75, 3.05) is 26.2 Å². The molecule has 16 heavy (non-hydrogen) atoms. The predicted molar refractivity (Wildman–Crippen MR) is 71.8 cm³/mol. The Morgan fingerprint density at radius 1 is 1.31 bits per heavy atom. The maximum atomic E-state index is 3.57. The first kappa shape index (κ1) is 14.0. The van der Waals surface area contributed by atoms with Crippen molar-refractivity contribution in [1.82, 2.24) is 10.2 Å². The van der Waals surface area contributed by atoms with E-state index in [1.807, 2.05) is 0 Å². The SMILES string of the molecule is CCCNCC(CC)N1CCCC(C)(C)C1. The van der Waals surface area contributed by atoms with Gasteiger partial charge >= 0.3 is 0 Å². The number of piperidine rings is 1. The lowest BCUT2D eigenvalue weighted by Crippen LogP contribution is -2.49. The second-order valence-corrected chi connectivity index (χ2v) is 6.00. The number of rotatable bonds is 6. The minimum Gasteiger partial charge on any atom is -0.315 e. The van der Waals surface area contributed by atoms with Crippen molar-refractivity contribution in [1.29, 1.82) is 0 Å². The first-order valence-corrected chi connectivity index (χ1v) is 7.04. The number of likely N-dealkylation sites (tertiary alicyclic amines) is 1. The third-order valence-electron chi connectivity index (χ3n) is 3.72. The van der Waals surface area contributed by atoms with Crippen LogP contribution in [-0.2, 0) is 0 Å². The molecule has 1 atom stereocenters. The number of nitrogens with one attached hydrogen (secondary N) is 1. The Balaban J connectivity index is 2.39. The molecule has 2 nitrogen and oxygen atoms in total. The van der Waals surface area contributed by atoms with Crippen LogP contribution in [0.2, 0.25) is 0 Å². The van der Waals surface area contributed by atoms with Gasteiger partial charge in [0.1, 0.15) is 0 Å². The molecule has 2 heteroatoms. The standard InChI is InChI=1S/C14H30N2/c1-5-9-15-11-13(6-2)16-10-7-8-14(3,4)12-16/h13,15H,5-12H2,1-4H3. The molecule has 1 N–H and O–H groups in total. The molecule has 1 saturated heterocycles. The summed E-state index contributed by atoms with van der Waals surface area (Å²) in [6.45, 7) is 14.3. The van der Waals surface area contributed by atoms with Crippen LogP contribution >= 0.6 is 0 Å². The van der Waals surface area contributed by atoms with E-state index in [9.17, 15) is 0 Å². The summed E-state index contributed by atoms with van der Waals surface area (Å²) in [6, 6.07) is 0.742. The Bertz CT molecular complexity index is 189. The van der Waals surface area contributed by atoms with Gasteiger partial charge in [-0.1, -0.05) is 27.7 Å². The van der Waals surface area contributed by atoms with E-state index >= 15 is 0 Å². The van der Waals surface area contributed by atoms with Gasteiger partial charge in [-0.2, -0.15) is 0 Å². The van der Waals surface area contributed by atoms with E-state index in [1.54, 1.807) is 0 Å². The predicted octanol–water partition coefficient (Wildman–Crippen LogP) is 2.89. The first-order chi connectivity index (χ1) is 7.59. The van der Waals surface area contributed by atoms with Crippen LogP contribution < -0.4 is 5.32 Å². The van der Waals surface area contributed by atoms with Gasteiger partial charge in [0, 0.05) is 19.1 Å². The van der Waals surface area contributed by atoms with Gasteiger partial charge in [-0.3, -0.25) is 4.90 Å². The van der Waals surface area contributed by atoms with Crippen LogP contribution in [0, 0.1) is 5.41 Å². The number of hydrogen-bond donors (Lipinski definition) is 1. The van der Waals surface area contributed by atoms with Crippen LogP contribution in [0.25, 0.3) is 0 Å². The van der Waals surface area contributed by atoms with Crippen LogP contribution in [0.15, 0.2) is 0 Å². The molecule has 0 aliphatic carbocycles. The van der Waals surface area contributed by atoms with E-state index in [4.69, 9.17) is 0 Å². The van der Waals surface area contributed by atoms with Crippen molar-refractivity contribution in [3.63, 3.8) is 0 Å². The Kier molecular flexibility index (Phi) is 5.77. The van der Waals surface area contributed by atoms with E-state index in [0.29, 0.717) is 5.41 Å². The quantitative estimate of drug-likeness (QED) is 0.701. The third kappa shape index (κ3) is 4.42. The van der Waals surface area contributed by atoms with Gasteiger partial charge in [-0.15, -0.1) is 0 Å². The van der Waals surface area contributed by atoms with Crippen molar-refractivity contribution in [3.05, 3.63) is 0 Å². The molecule has 0 aromatic carbocycles. The number of hydrogen-bond acceptors (Lipinski definition) is 2. The van der Waals surface area contributed by atoms with Crippen LogP contribution in [0.1, 0.15) is 53.4 Å². The molecular weight excluding hydrogens is 196 g/mol. The average molecular weight is 226 g/mol. The Labute approximate surface area is 102 Å². The van der Waals surface area contributed by atoms with Crippen molar-refractivity contribution in [2.24, 2.45) is 5.41 Å². The largest absolute Gasteiger partial charge is 0.315 e. The van der Waals surface area contributed by atoms with Crippen molar-refractivity contribution in [3.8, 4) is 0 Å². The summed E-state index contributed by atoms with van der Waals surface area (Å²) in [5.41, 5.74) is 0.524. The van der Waals surface area contributed by atoms with Gasteiger partial charge in [0.25, 0.3) is 0 Å². The highest BCUT2D eigenvalue weighted by molar-refractivity contribution is 4.84. The molecule has 0 radical (unpaired) electrons. The first-order valence-electron chi connectivity index (χ1n) is 7.04. The van der Waals surface area contributed by atoms with E-state index in [0.717, 1.165) is 12.6 Å². The fraction of sp³-hybridized carbons (Fsp3) is 1.00. The summed E-state index contributed by atoms with van der Waals surface area (Å²) in [5, 5.41) is 3.57. The molecule has 0 saturated carbocycles. The third-order valence-corrected chi connectivity index (χ3v) is 3.72. The zero-order chi connectivity index (χ0) is 12.0. The summed E-state index contributed by atoms with van der Waals surface area (Å²) < 4.78 is 0. The lowest BCUT2D eigenvalue weighted by Gasteiger charge is -2.42. The van der Waals surface area contributed by atoms with Crippen molar-refractivity contribution < 1.29 is 0 Å². The molecule has 1 aliphatic rings. The second-order valence-electron chi connectivity index (χ2n) is 6.00. The topological polar surface area (TPSA) is 15.3 Å². The Hall–Kier alpha value is -0.0800. The highest BCUT2D eigenvalue weighted by Crippen LogP contribution is 2.29. The van der Waals surface area contributed by atoms with E-state index in [2.05, 4.69) is 37.9 Å². The summed E-state index contributed by atoms with van der Waals surface area (Å²) in [7, 11) is 0. The molecule has 1 heterocycles. The summed E-state index contributed by atoms with van der Waals surface area (Å²) in [4.78, 5) is 2.70. The highest BCUT2D eigenvalue weighted by Gasteiger charge is 2.29. The highest BCUT2D eigenvalue weighted by atomic mass is 15.2. The van der Waals surface area contributed by atoms with Crippen molar-refractivity contribution >= 4 is 0 Å². The van der Waals surface area contributed by atoms with Crippen LogP contribution in [0.3, 0.4) is 0 Å². The molecule has 0 aromatic heterocycles. The summed E-state index contributed by atoms with van der Waals surface area (Å²) >= 11 is 0. The normalized spacial score (nSPS) is 23.2. The fourth-order valence-electron chi connectivity index (χ4n) is 2.76. The van der Waals surface area contributed by atoms with Crippen LogP contribution in [0.4, 0.5) is 0 Å². The van der Waals surface area contributed by atoms with E-state index < -0.39 is 0 Å². The van der Waals surface area contributed by atoms with Gasteiger partial charge in [-0.25, -0.2) is 0 Å². The maximum absolute atomic E-state index is 3.57. The molecule has 1 rings (SSSR count). The zero-order valence-corrected chi connectivity index (χ0v) is 11.7. The van der Waals surface area contributed by atoms with Gasteiger partial charge in [0.05, 0.1) is 0 Å². The lowest BCUT2D eigenvalue weighted by molar-refractivity contribution is 0.0757. The average Bonchev–Trinajstić information content (AvgIpc) is 2.23. The maximum Gasteiger partial charge on any atom is 0.0218 e. The molecule has 0 spiro atoms. The van der Waals surface area contributed by atoms with Crippen LogP contribution in [0.5, 0.6) is 0 Å². The number of nitrogens with zero attached hydrogens (tertiary/aromatic N) is 1. The molecule has 0 amide bonds. The molecule has 1 aliphatic heterocycles. The Morgan fingerprint density at radius 2 is 2.06 bits per heavy atom. The molecule has 0 bridgehead atoms. The molecule has 96 valence electrons. The van der Waals surface area contributed by atoms with Gasteiger partial charge in [0.15, 0.2) is 0 Å². The molecule has 1 fully saturated rings. The minimum absolute atomic E-state index is 0.524. The fourth-order valence-corrected chi connectivity index (χ4v) is 2.76. The molecule has 1 unspecified atom stereocenters. The minimum atomic E-state index is 0.524. The van der Waals surface area contributed by atoms with E-state index in [1.165, 1.54) is 45.3 Å². The summed E-state index contributed by atoms with van der Waals surface area (Å²) in [5.74, 6) is 0. The van der Waals surface area contributed by atoms with Crippen molar-refractivity contribution in [2.45, 2.75) is 59.4 Å².